The summed E-state index contributed by atoms with van der Waals surface area (Å²) >= 11 is 0. The molecule has 1 aromatic carbocycles. The van der Waals surface area contributed by atoms with E-state index in [4.69, 9.17) is 0 Å². The fraction of sp³-hybridized carbons (Fsp3) is 0.389. The van der Waals surface area contributed by atoms with E-state index >= 15 is 0 Å². The van der Waals surface area contributed by atoms with Crippen LogP contribution in [-0.2, 0) is 4.79 Å². The molecule has 1 N–H and O–H groups in total. The first kappa shape index (κ1) is 14.9. The molecule has 2 fully saturated rings. The van der Waals surface area contributed by atoms with Crippen molar-refractivity contribution in [2.75, 3.05) is 13.1 Å². The van der Waals surface area contributed by atoms with Crippen LogP contribution in [0.25, 0.3) is 5.69 Å². The Morgan fingerprint density at radius 1 is 1.12 bits per heavy atom. The van der Waals surface area contributed by atoms with E-state index in [1.54, 1.807) is 29.6 Å². The fourth-order valence-electron chi connectivity index (χ4n) is 3.63. The van der Waals surface area contributed by atoms with Gasteiger partial charge in [-0.15, -0.1) is 0 Å². The highest BCUT2D eigenvalue weighted by molar-refractivity contribution is 5.95. The molecular weight excluding hydrogens is 306 g/mol. The van der Waals surface area contributed by atoms with Crippen LogP contribution in [0.4, 0.5) is 0 Å². The first-order valence-corrected chi connectivity index (χ1v) is 8.24. The fourth-order valence-corrected chi connectivity index (χ4v) is 3.63. The van der Waals surface area contributed by atoms with Gasteiger partial charge in [-0.25, -0.2) is 4.98 Å². The maximum Gasteiger partial charge on any atom is 0.308 e. The van der Waals surface area contributed by atoms with Crippen molar-refractivity contribution in [1.29, 1.82) is 0 Å². The number of imidazole rings is 1. The van der Waals surface area contributed by atoms with Gasteiger partial charge in [-0.1, -0.05) is 0 Å². The van der Waals surface area contributed by atoms with E-state index in [9.17, 15) is 14.7 Å². The van der Waals surface area contributed by atoms with E-state index in [2.05, 4.69) is 4.98 Å². The van der Waals surface area contributed by atoms with Crippen LogP contribution >= 0.6 is 0 Å². The molecule has 0 radical (unpaired) electrons. The number of aliphatic carboxylic acids is 1. The molecule has 1 amide bonds. The largest absolute Gasteiger partial charge is 0.481 e. The van der Waals surface area contributed by atoms with Crippen molar-refractivity contribution in [3.05, 3.63) is 48.5 Å². The van der Waals surface area contributed by atoms with Gasteiger partial charge in [0.1, 0.15) is 0 Å². The predicted octanol–water partition coefficient (Wildman–Crippen LogP) is 2.06. The standard InChI is InChI=1S/C18H19N3O3/c22-17(13-3-5-14(6-4-13)20-8-7-19-11-20)21-9-15(12-1-2-12)16(10-21)18(23)24/h3-8,11-12,15-16H,1-2,9-10H2,(H,23,24)/t15-,16+/m1/s1. The van der Waals surface area contributed by atoms with Gasteiger partial charge in [0, 0.05) is 36.7 Å². The molecule has 0 bridgehead atoms. The van der Waals surface area contributed by atoms with Crippen molar-refractivity contribution in [1.82, 2.24) is 14.5 Å². The average molecular weight is 325 g/mol. The number of carboxylic acid groups (broad SMARTS) is 1. The first-order valence-electron chi connectivity index (χ1n) is 8.24. The highest BCUT2D eigenvalue weighted by atomic mass is 16.4. The van der Waals surface area contributed by atoms with Gasteiger partial charge in [0.05, 0.1) is 12.2 Å². The number of nitrogens with zero attached hydrogens (tertiary/aromatic N) is 3. The summed E-state index contributed by atoms with van der Waals surface area (Å²) < 4.78 is 1.87. The zero-order valence-corrected chi connectivity index (χ0v) is 13.2. The Bertz CT molecular complexity index is 750. The summed E-state index contributed by atoms with van der Waals surface area (Å²) in [5.41, 5.74) is 1.53. The van der Waals surface area contributed by atoms with Crippen LogP contribution in [0, 0.1) is 17.8 Å². The normalized spacial score (nSPS) is 23.4. The molecule has 1 saturated heterocycles. The molecule has 1 aromatic heterocycles. The van der Waals surface area contributed by atoms with Gasteiger partial charge in [-0.2, -0.15) is 0 Å². The van der Waals surface area contributed by atoms with Gasteiger partial charge >= 0.3 is 5.97 Å². The quantitative estimate of drug-likeness (QED) is 0.933. The van der Waals surface area contributed by atoms with Crippen molar-refractivity contribution >= 4 is 11.9 Å². The maximum absolute atomic E-state index is 12.7. The summed E-state index contributed by atoms with van der Waals surface area (Å²) in [5, 5.41) is 9.43. The van der Waals surface area contributed by atoms with Crippen LogP contribution in [0.3, 0.4) is 0 Å². The van der Waals surface area contributed by atoms with Crippen LogP contribution < -0.4 is 0 Å². The van der Waals surface area contributed by atoms with E-state index in [0.717, 1.165) is 18.5 Å². The van der Waals surface area contributed by atoms with Gasteiger partial charge in [0.25, 0.3) is 5.91 Å². The minimum atomic E-state index is -0.780. The Balaban J connectivity index is 1.50. The zero-order valence-electron chi connectivity index (χ0n) is 13.2. The number of carbonyl (C=O) groups is 2. The molecule has 0 spiro atoms. The zero-order chi connectivity index (χ0) is 16.7. The second-order valence-corrected chi connectivity index (χ2v) is 6.67. The van der Waals surface area contributed by atoms with Gasteiger partial charge in [0.15, 0.2) is 0 Å². The van der Waals surface area contributed by atoms with Crippen molar-refractivity contribution < 1.29 is 14.7 Å². The summed E-state index contributed by atoms with van der Waals surface area (Å²) in [7, 11) is 0. The first-order chi connectivity index (χ1) is 11.6. The smallest absolute Gasteiger partial charge is 0.308 e. The summed E-state index contributed by atoms with van der Waals surface area (Å²) in [5.74, 6) is -0.699. The number of benzene rings is 1. The van der Waals surface area contributed by atoms with Crippen molar-refractivity contribution in [2.45, 2.75) is 12.8 Å². The van der Waals surface area contributed by atoms with E-state index in [0.29, 0.717) is 24.6 Å². The molecule has 1 aliphatic heterocycles. The topological polar surface area (TPSA) is 75.4 Å². The van der Waals surface area contributed by atoms with E-state index in [-0.39, 0.29) is 11.8 Å². The van der Waals surface area contributed by atoms with Gasteiger partial charge in [0.2, 0.25) is 0 Å². The second-order valence-electron chi connectivity index (χ2n) is 6.67. The average Bonchev–Trinajstić information content (AvgIpc) is 3.13. The summed E-state index contributed by atoms with van der Waals surface area (Å²) in [6, 6.07) is 7.33. The van der Waals surface area contributed by atoms with Crippen LogP contribution in [0.1, 0.15) is 23.2 Å². The Morgan fingerprint density at radius 2 is 1.88 bits per heavy atom. The summed E-state index contributed by atoms with van der Waals surface area (Å²) in [4.78, 5) is 29.9. The number of likely N-dealkylation sites (tertiary alicyclic amines) is 1. The Hall–Kier alpha value is -2.63. The summed E-state index contributed by atoms with van der Waals surface area (Å²) in [6.45, 7) is 0.877. The minimum Gasteiger partial charge on any atom is -0.481 e. The number of aromatic nitrogens is 2. The molecule has 1 saturated carbocycles. The number of amides is 1. The van der Waals surface area contributed by atoms with Gasteiger partial charge in [-0.3, -0.25) is 9.59 Å². The molecule has 4 rings (SSSR count). The molecule has 0 unspecified atom stereocenters. The SMILES string of the molecule is O=C(O)[C@H]1CN(C(=O)c2ccc(-n3ccnc3)cc2)C[C@@H]1C1CC1. The molecule has 1 aliphatic carbocycles. The third-order valence-corrected chi connectivity index (χ3v) is 5.11. The Kier molecular flexibility index (Phi) is 3.59. The lowest BCUT2D eigenvalue weighted by atomic mass is 9.92. The maximum atomic E-state index is 12.7. The molecule has 2 aliphatic rings. The molecule has 124 valence electrons. The minimum absolute atomic E-state index is 0.0819. The van der Waals surface area contributed by atoms with Gasteiger partial charge < -0.3 is 14.6 Å². The van der Waals surface area contributed by atoms with Gasteiger partial charge in [-0.05, 0) is 48.9 Å². The highest BCUT2D eigenvalue weighted by Gasteiger charge is 2.46. The van der Waals surface area contributed by atoms with Crippen molar-refractivity contribution in [3.8, 4) is 5.69 Å². The third kappa shape index (κ3) is 2.68. The molecule has 2 heterocycles. The molecule has 2 atom stereocenters. The monoisotopic (exact) mass is 325 g/mol. The van der Waals surface area contributed by atoms with E-state index in [1.807, 2.05) is 22.9 Å². The lowest BCUT2D eigenvalue weighted by molar-refractivity contribution is -0.142. The molecule has 2 aromatic rings. The number of hydrogen-bond donors (Lipinski definition) is 1. The number of hydrogen-bond acceptors (Lipinski definition) is 3. The lowest BCUT2D eigenvalue weighted by Crippen LogP contribution is -2.29. The van der Waals surface area contributed by atoms with E-state index in [1.165, 1.54) is 0 Å². The number of carbonyl (C=O) groups excluding carboxylic acids is 1. The Labute approximate surface area is 139 Å². The number of rotatable bonds is 4. The van der Waals surface area contributed by atoms with Crippen LogP contribution in [0.15, 0.2) is 43.0 Å². The molecule has 6 heteroatoms. The summed E-state index contributed by atoms with van der Waals surface area (Å²) in [6.07, 6.45) is 7.43. The molecule has 24 heavy (non-hydrogen) atoms. The van der Waals surface area contributed by atoms with Crippen LogP contribution in [-0.4, -0.2) is 44.5 Å². The molecule has 6 nitrogen and oxygen atoms in total. The van der Waals surface area contributed by atoms with Crippen molar-refractivity contribution in [3.63, 3.8) is 0 Å². The van der Waals surface area contributed by atoms with Crippen molar-refractivity contribution in [2.24, 2.45) is 17.8 Å². The molecular formula is C18H19N3O3. The second kappa shape index (κ2) is 5.78. The van der Waals surface area contributed by atoms with Crippen LogP contribution in [0.5, 0.6) is 0 Å². The number of carboxylic acids is 1. The third-order valence-electron chi connectivity index (χ3n) is 5.11. The Morgan fingerprint density at radius 3 is 2.46 bits per heavy atom. The predicted molar refractivity (Wildman–Crippen MR) is 86.8 cm³/mol. The lowest BCUT2D eigenvalue weighted by Gasteiger charge is -2.16. The van der Waals surface area contributed by atoms with E-state index < -0.39 is 11.9 Å². The van der Waals surface area contributed by atoms with Crippen LogP contribution in [0.2, 0.25) is 0 Å². The highest BCUT2D eigenvalue weighted by Crippen LogP contribution is 2.44.